The van der Waals surface area contributed by atoms with Crippen molar-refractivity contribution in [3.8, 4) is 5.75 Å². The molecule has 1 unspecified atom stereocenters. The van der Waals surface area contributed by atoms with Crippen LogP contribution in [0.5, 0.6) is 5.75 Å². The van der Waals surface area contributed by atoms with Crippen LogP contribution in [-0.4, -0.2) is 28.8 Å². The second-order valence-corrected chi connectivity index (χ2v) is 4.89. The molecule has 0 aliphatic carbocycles. The molecule has 2 N–H and O–H groups in total. The first-order valence-electron chi connectivity index (χ1n) is 6.92. The molecule has 0 aromatic heterocycles. The summed E-state index contributed by atoms with van der Waals surface area (Å²) in [6.07, 6.45) is 0.135. The van der Waals surface area contributed by atoms with Crippen LogP contribution in [0.3, 0.4) is 0 Å². The van der Waals surface area contributed by atoms with Crippen LogP contribution in [0.1, 0.15) is 28.3 Å². The Bertz CT molecular complexity index is 696. The highest BCUT2D eigenvalue weighted by Gasteiger charge is 2.20. The predicted molar refractivity (Wildman–Crippen MR) is 80.3 cm³/mol. The van der Waals surface area contributed by atoms with Crippen molar-refractivity contribution < 1.29 is 28.9 Å². The fraction of sp³-hybridized carbons (Fsp3) is 0.176. The van der Waals surface area contributed by atoms with Gasteiger partial charge in [-0.1, -0.05) is 24.3 Å². The van der Waals surface area contributed by atoms with Gasteiger partial charge in [0.1, 0.15) is 0 Å². The van der Waals surface area contributed by atoms with Gasteiger partial charge in [-0.05, 0) is 36.2 Å². The van der Waals surface area contributed by atoms with Crippen molar-refractivity contribution in [2.24, 2.45) is 0 Å². The topological polar surface area (TPSA) is 83.8 Å². The molecule has 0 radical (unpaired) electrons. The van der Waals surface area contributed by atoms with E-state index in [0.29, 0.717) is 5.56 Å². The number of hydrogen-bond donors (Lipinski definition) is 2. The lowest BCUT2D eigenvalue weighted by Crippen LogP contribution is -2.15. The Morgan fingerprint density at radius 2 is 1.70 bits per heavy atom. The molecule has 0 amide bonds. The Kier molecular flexibility index (Phi) is 5.30. The number of aliphatic carboxylic acids is 1. The van der Waals surface area contributed by atoms with Crippen LogP contribution < -0.4 is 4.74 Å². The first-order chi connectivity index (χ1) is 11.0. The maximum absolute atomic E-state index is 13.4. The maximum atomic E-state index is 13.4. The van der Waals surface area contributed by atoms with Gasteiger partial charge in [0.05, 0.1) is 18.1 Å². The zero-order chi connectivity index (χ0) is 16.8. The zero-order valence-electron chi connectivity index (χ0n) is 12.1. The number of aromatic carboxylic acids is 1. The number of ether oxygens (including phenoxy) is 1. The highest BCUT2D eigenvalue weighted by molar-refractivity contribution is 5.87. The van der Waals surface area contributed by atoms with Crippen molar-refractivity contribution >= 4 is 11.9 Å². The SMILES string of the molecule is O=C(O)c1ccc(C(CCOc2ccccc2F)C(=O)O)cc1. The van der Waals surface area contributed by atoms with Crippen LogP contribution in [0.15, 0.2) is 48.5 Å². The summed E-state index contributed by atoms with van der Waals surface area (Å²) in [6, 6.07) is 11.5. The summed E-state index contributed by atoms with van der Waals surface area (Å²) in [5, 5.41) is 18.2. The summed E-state index contributed by atoms with van der Waals surface area (Å²) in [5.41, 5.74) is 0.556. The average molecular weight is 318 g/mol. The van der Waals surface area contributed by atoms with Gasteiger partial charge in [-0.2, -0.15) is 0 Å². The minimum absolute atomic E-state index is 0.0264. The van der Waals surface area contributed by atoms with Crippen molar-refractivity contribution in [1.29, 1.82) is 0 Å². The van der Waals surface area contributed by atoms with Gasteiger partial charge in [-0.25, -0.2) is 9.18 Å². The van der Waals surface area contributed by atoms with E-state index < -0.39 is 23.7 Å². The molecule has 0 fully saturated rings. The number of benzene rings is 2. The molecule has 5 nitrogen and oxygen atoms in total. The molecule has 6 heteroatoms. The molecule has 0 spiro atoms. The molecule has 0 aliphatic heterocycles. The lowest BCUT2D eigenvalue weighted by molar-refractivity contribution is -0.139. The number of hydrogen-bond acceptors (Lipinski definition) is 3. The molecular formula is C17H15FO5. The number of carboxylic acid groups (broad SMARTS) is 2. The van der Waals surface area contributed by atoms with Crippen LogP contribution in [-0.2, 0) is 4.79 Å². The van der Waals surface area contributed by atoms with Crippen molar-refractivity contribution in [3.05, 3.63) is 65.5 Å². The summed E-state index contributed by atoms with van der Waals surface area (Å²) < 4.78 is 18.7. The zero-order valence-corrected chi connectivity index (χ0v) is 12.1. The Labute approximate surface area is 132 Å². The second-order valence-electron chi connectivity index (χ2n) is 4.89. The van der Waals surface area contributed by atoms with E-state index in [2.05, 4.69) is 0 Å². The lowest BCUT2D eigenvalue weighted by atomic mass is 9.95. The number of para-hydroxylation sites is 1. The van der Waals surface area contributed by atoms with E-state index in [1.54, 1.807) is 6.07 Å². The quantitative estimate of drug-likeness (QED) is 0.819. The van der Waals surface area contributed by atoms with Gasteiger partial charge in [0.2, 0.25) is 0 Å². The van der Waals surface area contributed by atoms with E-state index in [1.165, 1.54) is 42.5 Å². The van der Waals surface area contributed by atoms with Crippen molar-refractivity contribution in [2.45, 2.75) is 12.3 Å². The standard InChI is InChI=1S/C17H15FO5/c18-14-3-1-2-4-15(14)23-10-9-13(17(21)22)11-5-7-12(8-6-11)16(19)20/h1-8,13H,9-10H2,(H,19,20)(H,21,22). The summed E-state index contributed by atoms with van der Waals surface area (Å²) >= 11 is 0. The number of carboxylic acids is 2. The van der Waals surface area contributed by atoms with Crippen LogP contribution in [0.4, 0.5) is 4.39 Å². The third kappa shape index (κ3) is 4.29. The van der Waals surface area contributed by atoms with Gasteiger partial charge in [-0.3, -0.25) is 4.79 Å². The summed E-state index contributed by atoms with van der Waals surface area (Å²) in [4.78, 5) is 22.2. The highest BCUT2D eigenvalue weighted by Crippen LogP contribution is 2.22. The monoisotopic (exact) mass is 318 g/mol. The van der Waals surface area contributed by atoms with Gasteiger partial charge >= 0.3 is 11.9 Å². The fourth-order valence-corrected chi connectivity index (χ4v) is 2.14. The van der Waals surface area contributed by atoms with Gasteiger partial charge < -0.3 is 14.9 Å². The molecule has 0 aliphatic rings. The molecule has 0 bridgehead atoms. The molecule has 120 valence electrons. The number of rotatable bonds is 7. The Morgan fingerprint density at radius 3 is 2.26 bits per heavy atom. The Hall–Kier alpha value is -2.89. The van der Waals surface area contributed by atoms with E-state index >= 15 is 0 Å². The Morgan fingerprint density at radius 1 is 1.04 bits per heavy atom. The summed E-state index contributed by atoms with van der Waals surface area (Å²) in [5.74, 6) is -3.43. The minimum Gasteiger partial charge on any atom is -0.490 e. The number of halogens is 1. The van der Waals surface area contributed by atoms with Crippen molar-refractivity contribution in [3.63, 3.8) is 0 Å². The van der Waals surface area contributed by atoms with Crippen molar-refractivity contribution in [1.82, 2.24) is 0 Å². The molecule has 2 aromatic carbocycles. The molecule has 0 saturated heterocycles. The second kappa shape index (κ2) is 7.40. The van der Waals surface area contributed by atoms with Gasteiger partial charge in [-0.15, -0.1) is 0 Å². The normalized spacial score (nSPS) is 11.7. The van der Waals surface area contributed by atoms with Crippen molar-refractivity contribution in [2.75, 3.05) is 6.61 Å². The largest absolute Gasteiger partial charge is 0.490 e. The Balaban J connectivity index is 2.03. The minimum atomic E-state index is -1.08. The molecule has 0 saturated carbocycles. The van der Waals surface area contributed by atoms with E-state index in [4.69, 9.17) is 9.84 Å². The number of carbonyl (C=O) groups is 2. The predicted octanol–water partition coefficient (Wildman–Crippen LogP) is 3.16. The highest BCUT2D eigenvalue weighted by atomic mass is 19.1. The fourth-order valence-electron chi connectivity index (χ4n) is 2.14. The van der Waals surface area contributed by atoms with Gasteiger partial charge in [0.25, 0.3) is 0 Å². The van der Waals surface area contributed by atoms with E-state index in [-0.39, 0.29) is 24.3 Å². The molecule has 1 atom stereocenters. The van der Waals surface area contributed by atoms with E-state index in [1.807, 2.05) is 0 Å². The molecule has 23 heavy (non-hydrogen) atoms. The van der Waals surface area contributed by atoms with E-state index in [9.17, 15) is 19.1 Å². The maximum Gasteiger partial charge on any atom is 0.335 e. The molecule has 0 heterocycles. The summed E-state index contributed by atoms with van der Waals surface area (Å²) in [6.45, 7) is 0.0264. The first-order valence-corrected chi connectivity index (χ1v) is 6.92. The van der Waals surface area contributed by atoms with Crippen LogP contribution in [0.2, 0.25) is 0 Å². The van der Waals surface area contributed by atoms with E-state index in [0.717, 1.165) is 0 Å². The van der Waals surface area contributed by atoms with Crippen LogP contribution in [0, 0.1) is 5.82 Å². The lowest BCUT2D eigenvalue weighted by Gasteiger charge is -2.14. The first kappa shape index (κ1) is 16.5. The van der Waals surface area contributed by atoms with Gasteiger partial charge in [0.15, 0.2) is 11.6 Å². The molecule has 2 aromatic rings. The average Bonchev–Trinajstić information content (AvgIpc) is 2.53. The van der Waals surface area contributed by atoms with Crippen LogP contribution >= 0.6 is 0 Å². The smallest absolute Gasteiger partial charge is 0.335 e. The molecule has 2 rings (SSSR count). The third-order valence-corrected chi connectivity index (χ3v) is 3.36. The summed E-state index contributed by atoms with van der Waals surface area (Å²) in [7, 11) is 0. The molecular weight excluding hydrogens is 303 g/mol. The van der Waals surface area contributed by atoms with Gasteiger partial charge in [0, 0.05) is 0 Å². The van der Waals surface area contributed by atoms with Crippen LogP contribution in [0.25, 0.3) is 0 Å². The third-order valence-electron chi connectivity index (χ3n) is 3.36.